The Labute approximate surface area is 327 Å². The Morgan fingerprint density at radius 2 is 1.13 bits per heavy atom. The number of nitrogens with two attached hydrogens (primary N) is 5. The lowest BCUT2D eigenvalue weighted by atomic mass is 10.0. The molecular weight excluding hydrogens is 701 g/mol. The molecule has 0 aliphatic heterocycles. The molecule has 1 aromatic carbocycles. The number of carbonyl (C=O) groups excluding carboxylic acids is 4. The van der Waals surface area contributed by atoms with Gasteiger partial charge in [-0.3, -0.25) is 34.6 Å². The first kappa shape index (κ1) is 48.1. The molecule has 1 rings (SSSR count). The van der Waals surface area contributed by atoms with Gasteiger partial charge in [-0.15, -0.1) is 0 Å². The van der Waals surface area contributed by atoms with Crippen molar-refractivity contribution in [3.8, 4) is 0 Å². The average Bonchev–Trinajstić information content (AvgIpc) is 3.13. The quantitative estimate of drug-likeness (QED) is 0.0312. The van der Waals surface area contributed by atoms with E-state index < -0.39 is 35.8 Å². The van der Waals surface area contributed by atoms with Crippen LogP contribution in [0.1, 0.15) is 135 Å². The summed E-state index contributed by atoms with van der Waals surface area (Å²) in [7, 11) is 0. The summed E-state index contributed by atoms with van der Waals surface area (Å²) in [6, 6.07) is 3.97. The van der Waals surface area contributed by atoms with Crippen LogP contribution in [0.5, 0.6) is 0 Å². The van der Waals surface area contributed by atoms with Gasteiger partial charge in [-0.05, 0) is 43.6 Å². The number of benzene rings is 1. The number of aliphatic imine (C=N–C) groups is 2. The summed E-state index contributed by atoms with van der Waals surface area (Å²) in [5.41, 5.74) is 28.7. The van der Waals surface area contributed by atoms with E-state index in [1.807, 2.05) is 0 Å². The molecule has 15 N–H and O–H groups in total. The number of hydrogen-bond donors (Lipinski definition) is 10. The van der Waals surface area contributed by atoms with Gasteiger partial charge < -0.3 is 49.9 Å². The molecule has 310 valence electrons. The van der Waals surface area contributed by atoms with E-state index in [9.17, 15) is 19.2 Å². The molecular formula is C39H70N12O4. The van der Waals surface area contributed by atoms with Crippen LogP contribution < -0.4 is 49.9 Å². The van der Waals surface area contributed by atoms with Crippen molar-refractivity contribution in [2.45, 2.75) is 148 Å². The first-order valence-corrected chi connectivity index (χ1v) is 20.0. The molecule has 0 aromatic heterocycles. The Bertz CT molecular complexity index is 1360. The van der Waals surface area contributed by atoms with Crippen LogP contribution in [0.2, 0.25) is 0 Å². The highest BCUT2D eigenvalue weighted by molar-refractivity contribution is 5.95. The van der Waals surface area contributed by atoms with E-state index in [0.717, 1.165) is 31.2 Å². The minimum absolute atomic E-state index is 0.0647. The van der Waals surface area contributed by atoms with Crippen LogP contribution in [0.4, 0.5) is 0 Å². The van der Waals surface area contributed by atoms with E-state index in [0.29, 0.717) is 24.8 Å². The van der Waals surface area contributed by atoms with Gasteiger partial charge >= 0.3 is 0 Å². The van der Waals surface area contributed by atoms with E-state index in [2.05, 4.69) is 38.2 Å². The number of amidine groups is 1. The number of carbonyl (C=O) groups is 4. The standard InChI is InChI=1S/C39H70N12O4/c1-4-5-6-7-8-9-10-11-12-13-14-19-32(52)49-31(18-16-25-47-39(44)45)36(54)51-33(27(2)3)37(55)50-30(17-15-24-46-38(42)43)35(53)48-26-28-20-22-29(23-21-28)34(40)41/h20-23,27,30-31,33H,4-19,24-26H2,1-3H3,(H3,40,41)(H,48,53)(H,49,52)(H,50,55)(H,51,54)(H4,42,43,46)(H4,44,45,47)/t30-,31-,33-/m0/s1. The third kappa shape index (κ3) is 22.8. The Balaban J connectivity index is 2.90. The van der Waals surface area contributed by atoms with Gasteiger partial charge in [-0.1, -0.05) is 109 Å². The Morgan fingerprint density at radius 1 is 0.636 bits per heavy atom. The highest BCUT2D eigenvalue weighted by atomic mass is 16.2. The Hall–Kier alpha value is -4.89. The lowest BCUT2D eigenvalue weighted by Gasteiger charge is -2.27. The minimum Gasteiger partial charge on any atom is -0.384 e. The molecule has 3 atom stereocenters. The summed E-state index contributed by atoms with van der Waals surface area (Å²) in [5.74, 6) is -2.32. The zero-order chi connectivity index (χ0) is 41.0. The van der Waals surface area contributed by atoms with Crippen molar-refractivity contribution in [2.75, 3.05) is 13.1 Å². The van der Waals surface area contributed by atoms with Gasteiger partial charge in [0, 0.05) is 31.6 Å². The molecule has 1 aromatic rings. The predicted molar refractivity (Wildman–Crippen MR) is 221 cm³/mol. The fraction of sp³-hybridized carbons (Fsp3) is 0.667. The van der Waals surface area contributed by atoms with Gasteiger partial charge in [-0.2, -0.15) is 0 Å². The van der Waals surface area contributed by atoms with Crippen molar-refractivity contribution in [3.63, 3.8) is 0 Å². The monoisotopic (exact) mass is 771 g/mol. The molecule has 55 heavy (non-hydrogen) atoms. The predicted octanol–water partition coefficient (Wildman–Crippen LogP) is 2.51. The number of nitrogens with zero attached hydrogens (tertiary/aromatic N) is 2. The second-order valence-corrected chi connectivity index (χ2v) is 14.4. The molecule has 0 fully saturated rings. The zero-order valence-corrected chi connectivity index (χ0v) is 33.5. The van der Waals surface area contributed by atoms with E-state index in [1.54, 1.807) is 38.1 Å². The lowest BCUT2D eigenvalue weighted by molar-refractivity contribution is -0.134. The van der Waals surface area contributed by atoms with Crippen LogP contribution in [-0.2, 0) is 25.7 Å². The third-order valence-electron chi connectivity index (χ3n) is 9.16. The fourth-order valence-electron chi connectivity index (χ4n) is 5.93. The van der Waals surface area contributed by atoms with Gasteiger partial charge in [0.25, 0.3) is 0 Å². The number of guanidine groups is 2. The molecule has 0 heterocycles. The number of amides is 4. The highest BCUT2D eigenvalue weighted by Crippen LogP contribution is 2.13. The molecule has 4 amide bonds. The van der Waals surface area contributed by atoms with E-state index in [-0.39, 0.29) is 62.1 Å². The first-order valence-electron chi connectivity index (χ1n) is 20.0. The molecule has 0 saturated carbocycles. The van der Waals surface area contributed by atoms with Crippen LogP contribution in [0.15, 0.2) is 34.3 Å². The summed E-state index contributed by atoms with van der Waals surface area (Å²) in [4.78, 5) is 61.7. The lowest BCUT2D eigenvalue weighted by Crippen LogP contribution is -2.58. The molecule has 0 aliphatic rings. The molecule has 0 aliphatic carbocycles. The van der Waals surface area contributed by atoms with Gasteiger partial charge in [0.05, 0.1) is 0 Å². The molecule has 16 nitrogen and oxygen atoms in total. The maximum absolute atomic E-state index is 13.7. The minimum atomic E-state index is -1.01. The first-order chi connectivity index (χ1) is 26.2. The van der Waals surface area contributed by atoms with Gasteiger partial charge in [0.2, 0.25) is 23.6 Å². The topological polar surface area (TPSA) is 295 Å². The van der Waals surface area contributed by atoms with Crippen molar-refractivity contribution in [1.82, 2.24) is 21.3 Å². The Kier molecular flexibility index (Phi) is 25.0. The van der Waals surface area contributed by atoms with Crippen molar-refractivity contribution in [1.29, 1.82) is 5.41 Å². The van der Waals surface area contributed by atoms with E-state index in [1.165, 1.54) is 44.9 Å². The Morgan fingerprint density at radius 3 is 1.60 bits per heavy atom. The van der Waals surface area contributed by atoms with Crippen LogP contribution in [0.3, 0.4) is 0 Å². The third-order valence-corrected chi connectivity index (χ3v) is 9.16. The molecule has 0 saturated heterocycles. The van der Waals surface area contributed by atoms with E-state index >= 15 is 0 Å². The molecule has 0 unspecified atom stereocenters. The number of nitrogen functional groups attached to an aromatic ring is 1. The average molecular weight is 771 g/mol. The molecule has 16 heteroatoms. The number of unbranched alkanes of at least 4 members (excludes halogenated alkanes) is 10. The normalized spacial score (nSPS) is 12.5. The fourth-order valence-corrected chi connectivity index (χ4v) is 5.93. The molecule has 0 bridgehead atoms. The van der Waals surface area contributed by atoms with Crippen molar-refractivity contribution >= 4 is 41.4 Å². The number of rotatable bonds is 30. The van der Waals surface area contributed by atoms with Crippen LogP contribution in [-0.4, -0.2) is 72.6 Å². The molecule has 0 radical (unpaired) electrons. The maximum Gasteiger partial charge on any atom is 0.243 e. The summed E-state index contributed by atoms with van der Waals surface area (Å²) >= 11 is 0. The van der Waals surface area contributed by atoms with Gasteiger partial charge in [0.1, 0.15) is 24.0 Å². The highest BCUT2D eigenvalue weighted by Gasteiger charge is 2.31. The van der Waals surface area contributed by atoms with Gasteiger partial charge in [-0.25, -0.2) is 0 Å². The summed E-state index contributed by atoms with van der Waals surface area (Å²) in [6.07, 6.45) is 14.4. The smallest absolute Gasteiger partial charge is 0.243 e. The van der Waals surface area contributed by atoms with Crippen molar-refractivity contribution < 1.29 is 19.2 Å². The van der Waals surface area contributed by atoms with Gasteiger partial charge in [0.15, 0.2) is 11.9 Å². The van der Waals surface area contributed by atoms with E-state index in [4.69, 9.17) is 34.1 Å². The second-order valence-electron chi connectivity index (χ2n) is 14.4. The van der Waals surface area contributed by atoms with Crippen molar-refractivity contribution in [3.05, 3.63) is 35.4 Å². The largest absolute Gasteiger partial charge is 0.384 e. The number of nitrogens with one attached hydrogen (secondary N) is 5. The molecule has 0 spiro atoms. The summed E-state index contributed by atoms with van der Waals surface area (Å²) in [5, 5.41) is 18.9. The van der Waals surface area contributed by atoms with Crippen LogP contribution in [0.25, 0.3) is 0 Å². The second kappa shape index (κ2) is 28.5. The van der Waals surface area contributed by atoms with Crippen LogP contribution >= 0.6 is 0 Å². The maximum atomic E-state index is 13.7. The summed E-state index contributed by atoms with van der Waals surface area (Å²) in [6.45, 7) is 6.47. The van der Waals surface area contributed by atoms with Crippen LogP contribution in [0, 0.1) is 11.3 Å². The summed E-state index contributed by atoms with van der Waals surface area (Å²) < 4.78 is 0. The SMILES string of the molecule is CCCCCCCCCCCCCC(=O)N[C@@H](CCCN=C(N)N)C(=O)N[C@H](C(=O)N[C@@H](CCCN=C(N)N)C(=O)NCc1ccc(C(=N)N)cc1)C(C)C. The zero-order valence-electron chi connectivity index (χ0n) is 33.5. The van der Waals surface area contributed by atoms with Crippen molar-refractivity contribution in [2.24, 2.45) is 44.6 Å². The number of hydrogen-bond acceptors (Lipinski definition) is 7.